The summed E-state index contributed by atoms with van der Waals surface area (Å²) in [5, 5.41) is 2.64. The fraction of sp³-hybridized carbons (Fsp3) is 0.0263. The molecule has 0 N–H and O–H groups in total. The Hall–Kier alpha value is -4.99. The van der Waals surface area contributed by atoms with Crippen molar-refractivity contribution in [3.63, 3.8) is 0 Å². The molecule has 41 heavy (non-hydrogen) atoms. The zero-order valence-corrected chi connectivity index (χ0v) is 23.4. The molecule has 8 aromatic rings. The zero-order chi connectivity index (χ0) is 27.3. The predicted octanol–water partition coefficient (Wildman–Crippen LogP) is 10.7. The first-order valence-electron chi connectivity index (χ1n) is 13.9. The number of fused-ring (bicyclic) bond motifs is 4. The number of rotatable bonds is 4. The highest BCUT2D eigenvalue weighted by Crippen LogP contribution is 2.43. The van der Waals surface area contributed by atoms with Gasteiger partial charge in [0, 0.05) is 31.4 Å². The molecule has 0 atom stereocenters. The zero-order valence-electron chi connectivity index (χ0n) is 22.6. The van der Waals surface area contributed by atoms with Crippen LogP contribution in [0.1, 0.15) is 5.56 Å². The van der Waals surface area contributed by atoms with Crippen LogP contribution in [0.3, 0.4) is 0 Å². The molecule has 0 radical (unpaired) electrons. The average Bonchev–Trinajstić information content (AvgIpc) is 3.60. The quantitative estimate of drug-likeness (QED) is 0.216. The molecule has 0 aliphatic heterocycles. The lowest BCUT2D eigenvalue weighted by atomic mass is 9.93. The number of para-hydroxylation sites is 3. The van der Waals surface area contributed by atoms with Crippen molar-refractivity contribution in [3.05, 3.63) is 145 Å². The van der Waals surface area contributed by atoms with Crippen molar-refractivity contribution in [2.45, 2.75) is 6.92 Å². The van der Waals surface area contributed by atoms with Crippen LogP contribution < -0.4 is 0 Å². The Morgan fingerprint density at radius 2 is 1.29 bits per heavy atom. The van der Waals surface area contributed by atoms with Gasteiger partial charge in [0.1, 0.15) is 5.82 Å². The number of thiophene rings is 1. The van der Waals surface area contributed by atoms with E-state index in [-0.39, 0.29) is 0 Å². The fourth-order valence-corrected chi connectivity index (χ4v) is 7.14. The fourth-order valence-electron chi connectivity index (χ4n) is 5.90. The van der Waals surface area contributed by atoms with E-state index in [1.165, 1.54) is 48.0 Å². The second-order valence-electron chi connectivity index (χ2n) is 10.5. The molecule has 0 fully saturated rings. The molecular weight excluding hydrogens is 516 g/mol. The molecular formula is C38H26N2S. The van der Waals surface area contributed by atoms with Crippen LogP contribution in [0.25, 0.3) is 70.5 Å². The first-order valence-corrected chi connectivity index (χ1v) is 14.7. The van der Waals surface area contributed by atoms with E-state index in [2.05, 4.69) is 151 Å². The lowest BCUT2D eigenvalue weighted by Gasteiger charge is -2.15. The average molecular weight is 543 g/mol. The number of hydrogen-bond donors (Lipinski definition) is 0. The topological polar surface area (TPSA) is 17.8 Å². The minimum absolute atomic E-state index is 0.944. The van der Waals surface area contributed by atoms with Gasteiger partial charge in [-0.15, -0.1) is 11.3 Å². The van der Waals surface area contributed by atoms with Crippen LogP contribution in [0.2, 0.25) is 0 Å². The number of hydrogen-bond acceptors (Lipinski definition) is 2. The summed E-state index contributed by atoms with van der Waals surface area (Å²) >= 11 is 1.87. The van der Waals surface area contributed by atoms with Gasteiger partial charge in [0.05, 0.1) is 11.0 Å². The highest BCUT2D eigenvalue weighted by atomic mass is 32.1. The molecule has 0 bridgehead atoms. The largest absolute Gasteiger partial charge is 0.292 e. The summed E-state index contributed by atoms with van der Waals surface area (Å²) in [6, 6.07) is 50.1. The third kappa shape index (κ3) is 3.97. The van der Waals surface area contributed by atoms with Gasteiger partial charge in [0.25, 0.3) is 0 Å². The highest BCUT2D eigenvalue weighted by molar-refractivity contribution is 7.26. The van der Waals surface area contributed by atoms with Crippen molar-refractivity contribution in [1.82, 2.24) is 9.55 Å². The lowest BCUT2D eigenvalue weighted by Crippen LogP contribution is -1.99. The minimum Gasteiger partial charge on any atom is -0.292 e. The van der Waals surface area contributed by atoms with Crippen LogP contribution in [0.4, 0.5) is 0 Å². The second-order valence-corrected chi connectivity index (χ2v) is 11.6. The van der Waals surface area contributed by atoms with Gasteiger partial charge in [0.15, 0.2) is 0 Å². The van der Waals surface area contributed by atoms with E-state index in [1.807, 2.05) is 11.3 Å². The second kappa shape index (κ2) is 9.58. The minimum atomic E-state index is 0.944. The van der Waals surface area contributed by atoms with Crippen LogP contribution in [-0.2, 0) is 0 Å². The first-order chi connectivity index (χ1) is 20.2. The number of benzene rings is 6. The number of aryl methyl sites for hydroxylation is 1. The van der Waals surface area contributed by atoms with Crippen molar-refractivity contribution in [3.8, 4) is 39.3 Å². The van der Waals surface area contributed by atoms with Gasteiger partial charge in [-0.25, -0.2) is 4.98 Å². The molecule has 2 aromatic heterocycles. The predicted molar refractivity (Wildman–Crippen MR) is 175 cm³/mol. The summed E-state index contributed by atoms with van der Waals surface area (Å²) in [6.45, 7) is 2.14. The smallest absolute Gasteiger partial charge is 0.146 e. The van der Waals surface area contributed by atoms with Gasteiger partial charge in [-0.2, -0.15) is 0 Å². The van der Waals surface area contributed by atoms with Gasteiger partial charge in [-0.3, -0.25) is 4.57 Å². The molecule has 2 heterocycles. The van der Waals surface area contributed by atoms with Crippen molar-refractivity contribution >= 4 is 42.5 Å². The molecule has 0 amide bonds. The first kappa shape index (κ1) is 23.9. The third-order valence-electron chi connectivity index (χ3n) is 7.91. The molecule has 3 heteroatoms. The SMILES string of the molecule is Cc1ccc(-c2cc(-c3cccc4c3sc3ccccc34)ccc2-c2nc3ccccc3n2-c2ccccc2)cc1. The molecule has 0 aliphatic carbocycles. The molecule has 194 valence electrons. The van der Waals surface area contributed by atoms with E-state index >= 15 is 0 Å². The van der Waals surface area contributed by atoms with Gasteiger partial charge >= 0.3 is 0 Å². The number of nitrogens with zero attached hydrogens (tertiary/aromatic N) is 2. The van der Waals surface area contributed by atoms with E-state index in [9.17, 15) is 0 Å². The Balaban J connectivity index is 1.41. The van der Waals surface area contributed by atoms with E-state index in [0.29, 0.717) is 0 Å². The van der Waals surface area contributed by atoms with Crippen LogP contribution in [0.5, 0.6) is 0 Å². The summed E-state index contributed by atoms with van der Waals surface area (Å²) in [4.78, 5) is 5.21. The molecule has 6 aromatic carbocycles. The molecule has 0 spiro atoms. The normalized spacial score (nSPS) is 11.5. The standard InChI is InChI=1S/C38H26N2S/c1-25-18-20-26(21-19-25)33-24-27(29-13-9-14-31-30-12-5-8-17-36(30)41-37(29)31)22-23-32(33)38-39-34-15-6-7-16-35(34)40(38)28-10-3-2-4-11-28/h2-24H,1H3. The van der Waals surface area contributed by atoms with E-state index in [0.717, 1.165) is 28.1 Å². The van der Waals surface area contributed by atoms with Crippen molar-refractivity contribution < 1.29 is 0 Å². The number of aromatic nitrogens is 2. The Morgan fingerprint density at radius 1 is 0.561 bits per heavy atom. The Bertz CT molecular complexity index is 2200. The van der Waals surface area contributed by atoms with Crippen LogP contribution in [-0.4, -0.2) is 9.55 Å². The molecule has 0 saturated heterocycles. The summed E-state index contributed by atoms with van der Waals surface area (Å²) < 4.78 is 4.93. The monoisotopic (exact) mass is 542 g/mol. The number of imidazole rings is 1. The molecule has 0 saturated carbocycles. The Morgan fingerprint density at radius 3 is 2.17 bits per heavy atom. The third-order valence-corrected chi connectivity index (χ3v) is 9.13. The molecule has 8 rings (SSSR count). The molecule has 2 nitrogen and oxygen atoms in total. The van der Waals surface area contributed by atoms with Crippen LogP contribution in [0.15, 0.2) is 140 Å². The summed E-state index contributed by atoms with van der Waals surface area (Å²) in [5.74, 6) is 0.944. The van der Waals surface area contributed by atoms with E-state index in [4.69, 9.17) is 4.98 Å². The lowest BCUT2D eigenvalue weighted by molar-refractivity contribution is 1.10. The highest BCUT2D eigenvalue weighted by Gasteiger charge is 2.19. The van der Waals surface area contributed by atoms with Gasteiger partial charge < -0.3 is 0 Å². The van der Waals surface area contributed by atoms with Gasteiger partial charge in [-0.1, -0.05) is 103 Å². The molecule has 0 unspecified atom stereocenters. The maximum atomic E-state index is 5.21. The van der Waals surface area contributed by atoms with Gasteiger partial charge in [0.2, 0.25) is 0 Å². The maximum Gasteiger partial charge on any atom is 0.146 e. The van der Waals surface area contributed by atoms with Crippen molar-refractivity contribution in [2.75, 3.05) is 0 Å². The van der Waals surface area contributed by atoms with Crippen LogP contribution in [0, 0.1) is 6.92 Å². The van der Waals surface area contributed by atoms with Gasteiger partial charge in [-0.05, 0) is 71.6 Å². The summed E-state index contributed by atoms with van der Waals surface area (Å²) in [6.07, 6.45) is 0. The summed E-state index contributed by atoms with van der Waals surface area (Å²) in [7, 11) is 0. The van der Waals surface area contributed by atoms with E-state index in [1.54, 1.807) is 0 Å². The van der Waals surface area contributed by atoms with Crippen molar-refractivity contribution in [2.24, 2.45) is 0 Å². The maximum absolute atomic E-state index is 5.21. The Labute approximate surface area is 242 Å². The van der Waals surface area contributed by atoms with Crippen LogP contribution >= 0.6 is 11.3 Å². The molecule has 0 aliphatic rings. The van der Waals surface area contributed by atoms with Crippen molar-refractivity contribution in [1.29, 1.82) is 0 Å². The Kier molecular flexibility index (Phi) is 5.58. The van der Waals surface area contributed by atoms with E-state index < -0.39 is 0 Å². The summed E-state index contributed by atoms with van der Waals surface area (Å²) in [5.41, 5.74) is 10.4.